The molecule has 3 amide bonds. The van der Waals surface area contributed by atoms with Gasteiger partial charge in [-0.3, -0.25) is 14.4 Å². The summed E-state index contributed by atoms with van der Waals surface area (Å²) in [6, 6.07) is 3.32. The second-order valence-corrected chi connectivity index (χ2v) is 7.55. The van der Waals surface area contributed by atoms with Crippen LogP contribution < -0.4 is 0 Å². The highest BCUT2D eigenvalue weighted by atomic mass is 16.3. The molecule has 1 spiro atoms. The fourth-order valence-electron chi connectivity index (χ4n) is 3.86. The van der Waals surface area contributed by atoms with Crippen molar-refractivity contribution in [3.05, 3.63) is 24.2 Å². The van der Waals surface area contributed by atoms with Gasteiger partial charge in [-0.05, 0) is 12.1 Å². The van der Waals surface area contributed by atoms with Crippen LogP contribution in [0.4, 0.5) is 0 Å². The summed E-state index contributed by atoms with van der Waals surface area (Å²) in [5.74, 6) is 0.110. The van der Waals surface area contributed by atoms with Crippen molar-refractivity contribution in [1.82, 2.24) is 14.7 Å². The molecule has 2 saturated heterocycles. The zero-order valence-corrected chi connectivity index (χ0v) is 15.0. The Hall–Kier alpha value is -2.31. The van der Waals surface area contributed by atoms with Gasteiger partial charge < -0.3 is 19.1 Å². The van der Waals surface area contributed by atoms with Gasteiger partial charge in [0.15, 0.2) is 5.76 Å². The van der Waals surface area contributed by atoms with Crippen LogP contribution in [0.2, 0.25) is 0 Å². The fraction of sp³-hybridized carbons (Fsp3) is 0.611. The molecule has 3 rings (SSSR count). The number of carbonyl (C=O) groups is 3. The smallest absolute Gasteiger partial charge is 0.289 e. The highest BCUT2D eigenvalue weighted by molar-refractivity contribution is 5.91. The lowest BCUT2D eigenvalue weighted by Crippen LogP contribution is -2.45. The zero-order chi connectivity index (χ0) is 18.2. The van der Waals surface area contributed by atoms with E-state index in [1.807, 2.05) is 18.7 Å². The average molecular weight is 347 g/mol. The van der Waals surface area contributed by atoms with E-state index in [-0.39, 0.29) is 29.4 Å². The summed E-state index contributed by atoms with van der Waals surface area (Å²) in [4.78, 5) is 42.7. The van der Waals surface area contributed by atoms with E-state index in [1.54, 1.807) is 29.0 Å². The van der Waals surface area contributed by atoms with E-state index in [0.717, 1.165) is 0 Å². The lowest BCUT2D eigenvalue weighted by atomic mass is 9.85. The molecule has 0 aromatic carbocycles. The Kier molecular flexibility index (Phi) is 4.58. The molecule has 1 aromatic rings. The molecule has 7 heteroatoms. The van der Waals surface area contributed by atoms with E-state index in [2.05, 4.69) is 0 Å². The Morgan fingerprint density at radius 2 is 1.84 bits per heavy atom. The Labute approximate surface area is 147 Å². The van der Waals surface area contributed by atoms with Crippen molar-refractivity contribution in [2.24, 2.45) is 11.3 Å². The number of furan rings is 1. The maximum Gasteiger partial charge on any atom is 0.289 e. The van der Waals surface area contributed by atoms with Crippen LogP contribution in [0.25, 0.3) is 0 Å². The topological polar surface area (TPSA) is 74.1 Å². The van der Waals surface area contributed by atoms with Crippen LogP contribution in [0.1, 0.15) is 30.8 Å². The van der Waals surface area contributed by atoms with E-state index in [9.17, 15) is 14.4 Å². The van der Waals surface area contributed by atoms with Gasteiger partial charge in [-0.25, -0.2) is 0 Å². The van der Waals surface area contributed by atoms with Crippen LogP contribution >= 0.6 is 0 Å². The van der Waals surface area contributed by atoms with Crippen LogP contribution in [-0.4, -0.2) is 72.2 Å². The molecule has 2 aliphatic rings. The van der Waals surface area contributed by atoms with Crippen LogP contribution in [0, 0.1) is 11.3 Å². The molecule has 25 heavy (non-hydrogen) atoms. The number of amides is 3. The van der Waals surface area contributed by atoms with Gasteiger partial charge in [0, 0.05) is 57.5 Å². The van der Waals surface area contributed by atoms with Gasteiger partial charge in [-0.2, -0.15) is 0 Å². The lowest BCUT2D eigenvalue weighted by Gasteiger charge is -2.33. The van der Waals surface area contributed by atoms with E-state index < -0.39 is 5.41 Å². The first-order valence-electron chi connectivity index (χ1n) is 8.67. The maximum absolute atomic E-state index is 12.8. The predicted octanol–water partition coefficient (Wildman–Crippen LogP) is 1.07. The number of nitrogens with zero attached hydrogens (tertiary/aromatic N) is 3. The van der Waals surface area contributed by atoms with Gasteiger partial charge in [0.25, 0.3) is 5.91 Å². The van der Waals surface area contributed by atoms with Gasteiger partial charge >= 0.3 is 0 Å². The van der Waals surface area contributed by atoms with Crippen LogP contribution in [-0.2, 0) is 9.59 Å². The standard InChI is InChI=1S/C18H25N3O4/c1-13(2)16(23)20-6-7-21(17(24)14-5-4-8-25-14)12-18(11-20)9-15(22)19(3)10-18/h4-5,8,13H,6-7,9-12H2,1-3H3/t18-/m1/s1. The Balaban J connectivity index is 1.88. The van der Waals surface area contributed by atoms with Crippen molar-refractivity contribution in [2.75, 3.05) is 39.8 Å². The Morgan fingerprint density at radius 1 is 1.16 bits per heavy atom. The summed E-state index contributed by atoms with van der Waals surface area (Å²) >= 11 is 0. The van der Waals surface area contributed by atoms with Gasteiger partial charge in [0.2, 0.25) is 11.8 Å². The second-order valence-electron chi connectivity index (χ2n) is 7.55. The van der Waals surface area contributed by atoms with E-state index >= 15 is 0 Å². The van der Waals surface area contributed by atoms with Crippen LogP contribution in [0.3, 0.4) is 0 Å². The largest absolute Gasteiger partial charge is 0.459 e. The van der Waals surface area contributed by atoms with Crippen molar-refractivity contribution >= 4 is 17.7 Å². The zero-order valence-electron chi connectivity index (χ0n) is 15.0. The third kappa shape index (κ3) is 3.41. The molecule has 0 bridgehead atoms. The first kappa shape index (κ1) is 17.5. The highest BCUT2D eigenvalue weighted by Gasteiger charge is 2.47. The Morgan fingerprint density at radius 3 is 2.40 bits per heavy atom. The van der Waals surface area contributed by atoms with Gasteiger partial charge in [-0.1, -0.05) is 13.8 Å². The molecule has 3 heterocycles. The molecule has 1 atom stereocenters. The lowest BCUT2D eigenvalue weighted by molar-refractivity contribution is -0.135. The summed E-state index contributed by atoms with van der Waals surface area (Å²) in [7, 11) is 1.77. The molecule has 136 valence electrons. The maximum atomic E-state index is 12.8. The summed E-state index contributed by atoms with van der Waals surface area (Å²) in [5, 5.41) is 0. The molecule has 0 aliphatic carbocycles. The average Bonchev–Trinajstić information content (AvgIpc) is 3.13. The van der Waals surface area contributed by atoms with Crippen LogP contribution in [0.5, 0.6) is 0 Å². The monoisotopic (exact) mass is 347 g/mol. The number of rotatable bonds is 2. The number of hydrogen-bond acceptors (Lipinski definition) is 4. The molecule has 0 radical (unpaired) electrons. The predicted molar refractivity (Wildman–Crippen MR) is 90.7 cm³/mol. The third-order valence-electron chi connectivity index (χ3n) is 5.04. The molecule has 0 unspecified atom stereocenters. The minimum atomic E-state index is -0.421. The summed E-state index contributed by atoms with van der Waals surface area (Å²) in [5.41, 5.74) is -0.421. The first-order valence-corrected chi connectivity index (χ1v) is 8.67. The van der Waals surface area contributed by atoms with Gasteiger partial charge in [-0.15, -0.1) is 0 Å². The minimum Gasteiger partial charge on any atom is -0.459 e. The molecule has 0 N–H and O–H groups in total. The quantitative estimate of drug-likeness (QED) is 0.802. The summed E-state index contributed by atoms with van der Waals surface area (Å²) in [6.07, 6.45) is 1.83. The molecule has 2 fully saturated rings. The molecular weight excluding hydrogens is 322 g/mol. The molecule has 0 saturated carbocycles. The number of hydrogen-bond donors (Lipinski definition) is 0. The van der Waals surface area contributed by atoms with Crippen LogP contribution in [0.15, 0.2) is 22.8 Å². The summed E-state index contributed by atoms with van der Waals surface area (Å²) in [6.45, 7) is 6.16. The molecule has 7 nitrogen and oxygen atoms in total. The van der Waals surface area contributed by atoms with E-state index in [4.69, 9.17) is 4.42 Å². The van der Waals surface area contributed by atoms with Gasteiger partial charge in [0.05, 0.1) is 6.26 Å². The van der Waals surface area contributed by atoms with Gasteiger partial charge in [0.1, 0.15) is 0 Å². The van der Waals surface area contributed by atoms with Crippen molar-refractivity contribution < 1.29 is 18.8 Å². The normalized spacial score (nSPS) is 24.3. The second kappa shape index (κ2) is 6.54. The van der Waals surface area contributed by atoms with Crippen molar-refractivity contribution in [3.63, 3.8) is 0 Å². The molecule has 2 aliphatic heterocycles. The van der Waals surface area contributed by atoms with E-state index in [0.29, 0.717) is 39.1 Å². The first-order chi connectivity index (χ1) is 11.8. The number of likely N-dealkylation sites (tertiary alicyclic amines) is 1. The summed E-state index contributed by atoms with van der Waals surface area (Å²) < 4.78 is 5.25. The van der Waals surface area contributed by atoms with Crippen molar-refractivity contribution in [1.29, 1.82) is 0 Å². The SMILES string of the molecule is CC(C)C(=O)N1CCN(C(=O)c2ccco2)C[C@@]2(CC(=O)N(C)C2)C1. The van der Waals surface area contributed by atoms with Crippen molar-refractivity contribution in [2.45, 2.75) is 20.3 Å². The fourth-order valence-corrected chi connectivity index (χ4v) is 3.86. The van der Waals surface area contributed by atoms with E-state index in [1.165, 1.54) is 6.26 Å². The minimum absolute atomic E-state index is 0.0595. The number of carbonyl (C=O) groups excluding carboxylic acids is 3. The molecule has 1 aromatic heterocycles. The highest BCUT2D eigenvalue weighted by Crippen LogP contribution is 2.35. The Bertz CT molecular complexity index is 670. The molecular formula is C18H25N3O4. The van der Waals surface area contributed by atoms with Crippen molar-refractivity contribution in [3.8, 4) is 0 Å². The third-order valence-corrected chi connectivity index (χ3v) is 5.04.